The van der Waals surface area contributed by atoms with Crippen molar-refractivity contribution < 1.29 is 27.2 Å². The standard InChI is InChI=1S/C26H19F4N5O2/c27-18-3-6-22(26(28,29)30)21(12-18)24(36)34-9-7-33(8-10-34)20-11-17-15-35(25(37)23(17)32-14-20)19-4-1-16(13-31)2-5-19/h1-6,11-12,14H,7-10,15H2. The van der Waals surface area contributed by atoms with Crippen molar-refractivity contribution in [2.24, 2.45) is 0 Å². The molecule has 5 rings (SSSR count). The second-order valence-electron chi connectivity index (χ2n) is 8.72. The summed E-state index contributed by atoms with van der Waals surface area (Å²) >= 11 is 0. The molecule has 2 aliphatic heterocycles. The van der Waals surface area contributed by atoms with E-state index >= 15 is 0 Å². The number of piperazine rings is 1. The van der Waals surface area contributed by atoms with E-state index in [1.165, 1.54) is 4.90 Å². The Labute approximate surface area is 209 Å². The fraction of sp³-hybridized carbons (Fsp3) is 0.231. The zero-order chi connectivity index (χ0) is 26.3. The topological polar surface area (TPSA) is 80.5 Å². The summed E-state index contributed by atoms with van der Waals surface area (Å²) in [6, 6.07) is 12.4. The molecule has 1 saturated heterocycles. The van der Waals surface area contributed by atoms with E-state index in [0.29, 0.717) is 54.8 Å². The van der Waals surface area contributed by atoms with Gasteiger partial charge in [-0.05, 0) is 48.5 Å². The molecule has 0 N–H and O–H groups in total. The number of halogens is 4. The van der Waals surface area contributed by atoms with E-state index < -0.39 is 29.0 Å². The number of amides is 2. The van der Waals surface area contributed by atoms with Crippen molar-refractivity contribution in [1.82, 2.24) is 9.88 Å². The lowest BCUT2D eigenvalue weighted by Crippen LogP contribution is -2.49. The van der Waals surface area contributed by atoms with Gasteiger partial charge in [0, 0.05) is 37.4 Å². The molecule has 3 heterocycles. The van der Waals surface area contributed by atoms with E-state index in [2.05, 4.69) is 4.98 Å². The molecule has 0 saturated carbocycles. The van der Waals surface area contributed by atoms with Crippen molar-refractivity contribution in [3.05, 3.63) is 88.5 Å². The highest BCUT2D eigenvalue weighted by atomic mass is 19.4. The SMILES string of the molecule is N#Cc1ccc(N2Cc3cc(N4CCN(C(=O)c5cc(F)ccc5C(F)(F)F)CC4)cnc3C2=O)cc1. The summed E-state index contributed by atoms with van der Waals surface area (Å²) in [6.07, 6.45) is -3.22. The van der Waals surface area contributed by atoms with Crippen LogP contribution in [0.4, 0.5) is 28.9 Å². The molecule has 2 aliphatic rings. The Morgan fingerprint density at radius 2 is 1.68 bits per heavy atom. The van der Waals surface area contributed by atoms with Crippen LogP contribution in [0.5, 0.6) is 0 Å². The van der Waals surface area contributed by atoms with Gasteiger partial charge in [0.2, 0.25) is 0 Å². The Balaban J connectivity index is 1.28. The zero-order valence-electron chi connectivity index (χ0n) is 19.3. The number of fused-ring (bicyclic) bond motifs is 1. The number of pyridine rings is 1. The van der Waals surface area contributed by atoms with Crippen LogP contribution < -0.4 is 9.80 Å². The van der Waals surface area contributed by atoms with Gasteiger partial charge < -0.3 is 14.7 Å². The molecular formula is C26H19F4N5O2. The van der Waals surface area contributed by atoms with Gasteiger partial charge in [0.25, 0.3) is 11.8 Å². The summed E-state index contributed by atoms with van der Waals surface area (Å²) in [5.41, 5.74) is 1.03. The molecule has 1 aromatic heterocycles. The van der Waals surface area contributed by atoms with Crippen molar-refractivity contribution in [3.8, 4) is 6.07 Å². The number of nitrogens with zero attached hydrogens (tertiary/aromatic N) is 5. The number of rotatable bonds is 3. The predicted octanol–water partition coefficient (Wildman–Crippen LogP) is 4.23. The Hall–Kier alpha value is -4.46. The number of anilines is 2. The van der Waals surface area contributed by atoms with Crippen LogP contribution in [0.1, 0.15) is 37.5 Å². The van der Waals surface area contributed by atoms with Crippen LogP contribution in [0.25, 0.3) is 0 Å². The molecule has 11 heteroatoms. The quantitative estimate of drug-likeness (QED) is 0.494. The molecule has 3 aromatic rings. The molecule has 0 spiro atoms. The van der Waals surface area contributed by atoms with Gasteiger partial charge in [0.15, 0.2) is 0 Å². The van der Waals surface area contributed by atoms with Gasteiger partial charge in [-0.3, -0.25) is 9.59 Å². The number of aromatic nitrogens is 1. The lowest BCUT2D eigenvalue weighted by Gasteiger charge is -2.36. The van der Waals surface area contributed by atoms with Crippen molar-refractivity contribution in [3.63, 3.8) is 0 Å². The minimum absolute atomic E-state index is 0.139. The number of carbonyl (C=O) groups excluding carboxylic acids is 2. The van der Waals surface area contributed by atoms with E-state index in [-0.39, 0.29) is 19.0 Å². The molecule has 37 heavy (non-hydrogen) atoms. The van der Waals surface area contributed by atoms with Crippen LogP contribution in [0.15, 0.2) is 54.7 Å². The van der Waals surface area contributed by atoms with Crippen LogP contribution in [-0.2, 0) is 12.7 Å². The van der Waals surface area contributed by atoms with E-state index in [4.69, 9.17) is 5.26 Å². The van der Waals surface area contributed by atoms with Crippen LogP contribution in [0, 0.1) is 17.1 Å². The third kappa shape index (κ3) is 4.58. The summed E-state index contributed by atoms with van der Waals surface area (Å²) < 4.78 is 53.7. The molecule has 7 nitrogen and oxygen atoms in total. The number of hydrogen-bond acceptors (Lipinski definition) is 5. The van der Waals surface area contributed by atoms with E-state index in [1.807, 2.05) is 17.0 Å². The first-order chi connectivity index (χ1) is 17.7. The summed E-state index contributed by atoms with van der Waals surface area (Å²) in [7, 11) is 0. The van der Waals surface area contributed by atoms with Gasteiger partial charge in [0.05, 0.1) is 41.2 Å². The second-order valence-corrected chi connectivity index (χ2v) is 8.72. The van der Waals surface area contributed by atoms with E-state index in [1.54, 1.807) is 35.4 Å². The first kappa shape index (κ1) is 24.2. The molecule has 188 valence electrons. The molecule has 1 fully saturated rings. The molecule has 2 aromatic carbocycles. The van der Waals surface area contributed by atoms with Crippen molar-refractivity contribution in [1.29, 1.82) is 5.26 Å². The third-order valence-corrected chi connectivity index (χ3v) is 6.49. The van der Waals surface area contributed by atoms with Gasteiger partial charge in [0.1, 0.15) is 11.5 Å². The number of carbonyl (C=O) groups is 2. The normalized spacial score (nSPS) is 15.5. The van der Waals surface area contributed by atoms with Crippen LogP contribution >= 0.6 is 0 Å². The molecule has 0 unspecified atom stereocenters. The highest BCUT2D eigenvalue weighted by Gasteiger charge is 2.37. The monoisotopic (exact) mass is 509 g/mol. The Morgan fingerprint density at radius 1 is 0.973 bits per heavy atom. The van der Waals surface area contributed by atoms with Crippen molar-refractivity contribution in [2.75, 3.05) is 36.0 Å². The summed E-state index contributed by atoms with van der Waals surface area (Å²) in [4.78, 5) is 34.8. The maximum Gasteiger partial charge on any atom is 0.417 e. The molecule has 0 atom stereocenters. The van der Waals surface area contributed by atoms with Crippen molar-refractivity contribution in [2.45, 2.75) is 12.7 Å². The molecular weight excluding hydrogens is 490 g/mol. The van der Waals surface area contributed by atoms with Crippen LogP contribution in [0.3, 0.4) is 0 Å². The number of alkyl halides is 3. The van der Waals surface area contributed by atoms with E-state index in [0.717, 1.165) is 11.3 Å². The molecule has 0 bridgehead atoms. The molecule has 2 amide bonds. The Morgan fingerprint density at radius 3 is 2.32 bits per heavy atom. The van der Waals surface area contributed by atoms with Gasteiger partial charge in [-0.1, -0.05) is 0 Å². The highest BCUT2D eigenvalue weighted by Crippen LogP contribution is 2.34. The summed E-state index contributed by atoms with van der Waals surface area (Å²) in [6.45, 7) is 1.24. The van der Waals surface area contributed by atoms with Gasteiger partial charge in [-0.2, -0.15) is 18.4 Å². The third-order valence-electron chi connectivity index (χ3n) is 6.49. The summed E-state index contributed by atoms with van der Waals surface area (Å²) in [5.74, 6) is -2.04. The highest BCUT2D eigenvalue weighted by molar-refractivity contribution is 6.08. The number of benzene rings is 2. The Kier molecular flexibility index (Phi) is 6.03. The fourth-order valence-corrected chi connectivity index (χ4v) is 4.56. The minimum atomic E-state index is -4.78. The number of nitriles is 1. The first-order valence-corrected chi connectivity index (χ1v) is 11.4. The maximum absolute atomic E-state index is 13.7. The largest absolute Gasteiger partial charge is 0.417 e. The second kappa shape index (κ2) is 9.20. The zero-order valence-corrected chi connectivity index (χ0v) is 19.3. The van der Waals surface area contributed by atoms with Gasteiger partial charge in [-0.15, -0.1) is 0 Å². The predicted molar refractivity (Wildman–Crippen MR) is 125 cm³/mol. The van der Waals surface area contributed by atoms with E-state index in [9.17, 15) is 27.2 Å². The lowest BCUT2D eigenvalue weighted by atomic mass is 10.0. The summed E-state index contributed by atoms with van der Waals surface area (Å²) in [5, 5.41) is 8.98. The van der Waals surface area contributed by atoms with Crippen LogP contribution in [0.2, 0.25) is 0 Å². The molecule has 0 radical (unpaired) electrons. The fourth-order valence-electron chi connectivity index (χ4n) is 4.56. The Bertz CT molecular complexity index is 1420. The smallest absolute Gasteiger partial charge is 0.367 e. The van der Waals surface area contributed by atoms with Crippen LogP contribution in [-0.4, -0.2) is 47.9 Å². The van der Waals surface area contributed by atoms with Crippen molar-refractivity contribution >= 4 is 23.2 Å². The average molecular weight is 509 g/mol. The first-order valence-electron chi connectivity index (χ1n) is 11.4. The minimum Gasteiger partial charge on any atom is -0.367 e. The number of hydrogen-bond donors (Lipinski definition) is 0. The average Bonchev–Trinajstić information content (AvgIpc) is 3.23. The molecule has 0 aliphatic carbocycles. The maximum atomic E-state index is 13.7. The van der Waals surface area contributed by atoms with Gasteiger partial charge in [-0.25, -0.2) is 9.37 Å². The lowest BCUT2D eigenvalue weighted by molar-refractivity contribution is -0.138. The van der Waals surface area contributed by atoms with Gasteiger partial charge >= 0.3 is 6.18 Å².